The van der Waals surface area contributed by atoms with Crippen molar-refractivity contribution >= 4 is 21.8 Å². The molecule has 1 atom stereocenters. The molecule has 1 unspecified atom stereocenters. The van der Waals surface area contributed by atoms with E-state index in [1.807, 2.05) is 30.3 Å². The van der Waals surface area contributed by atoms with Gasteiger partial charge in [-0.1, -0.05) is 34.1 Å². The predicted octanol–water partition coefficient (Wildman–Crippen LogP) is 2.62. The first-order valence-electron chi connectivity index (χ1n) is 4.58. The molecular formula is C11H12BrNO. The molecule has 0 saturated heterocycles. The van der Waals surface area contributed by atoms with Gasteiger partial charge in [-0.05, 0) is 19.1 Å². The van der Waals surface area contributed by atoms with Crippen LogP contribution in [0.15, 0.2) is 35.3 Å². The van der Waals surface area contributed by atoms with Gasteiger partial charge >= 0.3 is 0 Å². The number of rotatable bonds is 2. The normalized spacial score (nSPS) is 25.7. The zero-order valence-corrected chi connectivity index (χ0v) is 9.62. The van der Waals surface area contributed by atoms with Crippen molar-refractivity contribution < 1.29 is 4.74 Å². The highest BCUT2D eigenvalue weighted by atomic mass is 79.9. The molecular weight excluding hydrogens is 242 g/mol. The Morgan fingerprint density at radius 2 is 2.14 bits per heavy atom. The molecule has 1 heterocycles. The van der Waals surface area contributed by atoms with E-state index in [1.165, 1.54) is 0 Å². The van der Waals surface area contributed by atoms with Crippen LogP contribution in [0.5, 0.6) is 0 Å². The molecule has 14 heavy (non-hydrogen) atoms. The van der Waals surface area contributed by atoms with Gasteiger partial charge in [-0.15, -0.1) is 0 Å². The summed E-state index contributed by atoms with van der Waals surface area (Å²) < 4.78 is 5.79. The van der Waals surface area contributed by atoms with Gasteiger partial charge in [0.05, 0.1) is 6.54 Å². The van der Waals surface area contributed by atoms with E-state index in [4.69, 9.17) is 4.74 Å². The summed E-state index contributed by atoms with van der Waals surface area (Å²) in [4.78, 5) is 4.39. The molecule has 0 bridgehead atoms. The third-order valence-corrected chi connectivity index (χ3v) is 3.39. The maximum Gasteiger partial charge on any atom is 0.216 e. The molecule has 0 radical (unpaired) electrons. The summed E-state index contributed by atoms with van der Waals surface area (Å²) in [5.74, 6) is 0.757. The highest BCUT2D eigenvalue weighted by Crippen LogP contribution is 2.23. The standard InChI is InChI=1S/C11H12BrNO/c1-11(7-12)8-13-10(14-11)9-5-3-2-4-6-9/h2-6H,7-8H2,1H3. The molecule has 3 heteroatoms. The number of aliphatic imine (C=N–C) groups is 1. The smallest absolute Gasteiger partial charge is 0.216 e. The van der Waals surface area contributed by atoms with Crippen LogP contribution < -0.4 is 0 Å². The predicted molar refractivity (Wildman–Crippen MR) is 61.1 cm³/mol. The molecule has 2 nitrogen and oxygen atoms in total. The Bertz CT molecular complexity index is 350. The number of hydrogen-bond acceptors (Lipinski definition) is 2. The third-order valence-electron chi connectivity index (χ3n) is 2.20. The van der Waals surface area contributed by atoms with Gasteiger partial charge in [0.1, 0.15) is 5.60 Å². The first-order chi connectivity index (χ1) is 6.73. The molecule has 74 valence electrons. The third kappa shape index (κ3) is 1.82. The molecule has 0 amide bonds. The number of ether oxygens (including phenoxy) is 1. The van der Waals surface area contributed by atoms with E-state index >= 15 is 0 Å². The maximum atomic E-state index is 5.79. The fourth-order valence-corrected chi connectivity index (χ4v) is 1.63. The molecule has 0 saturated carbocycles. The summed E-state index contributed by atoms with van der Waals surface area (Å²) in [7, 11) is 0. The van der Waals surface area contributed by atoms with Crippen LogP contribution in [0, 0.1) is 0 Å². The minimum absolute atomic E-state index is 0.175. The largest absolute Gasteiger partial charge is 0.468 e. The maximum absolute atomic E-state index is 5.79. The summed E-state index contributed by atoms with van der Waals surface area (Å²) in [6, 6.07) is 10.00. The molecule has 1 aliphatic rings. The second-order valence-electron chi connectivity index (χ2n) is 3.67. The summed E-state index contributed by atoms with van der Waals surface area (Å²) in [5.41, 5.74) is 0.878. The fourth-order valence-electron chi connectivity index (χ4n) is 1.34. The zero-order valence-electron chi connectivity index (χ0n) is 8.03. The minimum atomic E-state index is -0.175. The average molecular weight is 254 g/mol. The van der Waals surface area contributed by atoms with Crippen molar-refractivity contribution in [1.82, 2.24) is 0 Å². The van der Waals surface area contributed by atoms with Crippen LogP contribution in [-0.4, -0.2) is 23.4 Å². The van der Waals surface area contributed by atoms with Gasteiger partial charge in [-0.2, -0.15) is 0 Å². The second-order valence-corrected chi connectivity index (χ2v) is 4.23. The van der Waals surface area contributed by atoms with Crippen LogP contribution in [0.25, 0.3) is 0 Å². The number of benzene rings is 1. The lowest BCUT2D eigenvalue weighted by Crippen LogP contribution is -2.31. The SMILES string of the molecule is CC1(CBr)CN=C(c2ccccc2)O1. The first kappa shape index (κ1) is 9.71. The Kier molecular flexibility index (Phi) is 2.59. The van der Waals surface area contributed by atoms with E-state index in [1.54, 1.807) is 0 Å². The van der Waals surface area contributed by atoms with Crippen LogP contribution >= 0.6 is 15.9 Å². The Hall–Kier alpha value is -0.830. The second kappa shape index (κ2) is 3.73. The fraction of sp³-hybridized carbons (Fsp3) is 0.364. The number of alkyl halides is 1. The van der Waals surface area contributed by atoms with Gasteiger partial charge < -0.3 is 4.74 Å². The molecule has 0 N–H and O–H groups in total. The summed E-state index contributed by atoms with van der Waals surface area (Å²) in [5, 5.41) is 0.805. The molecule has 1 aromatic rings. The first-order valence-corrected chi connectivity index (χ1v) is 5.70. The van der Waals surface area contributed by atoms with Crippen LogP contribution in [0.4, 0.5) is 0 Å². The monoisotopic (exact) mass is 253 g/mol. The van der Waals surface area contributed by atoms with Gasteiger partial charge in [-0.25, -0.2) is 4.99 Å². The molecule has 0 aliphatic carbocycles. The van der Waals surface area contributed by atoms with Crippen LogP contribution in [0.2, 0.25) is 0 Å². The average Bonchev–Trinajstić information content (AvgIpc) is 2.63. The number of hydrogen-bond donors (Lipinski definition) is 0. The van der Waals surface area contributed by atoms with Crippen molar-refractivity contribution in [1.29, 1.82) is 0 Å². The van der Waals surface area contributed by atoms with Crippen LogP contribution in [0.3, 0.4) is 0 Å². The summed E-state index contributed by atoms with van der Waals surface area (Å²) in [6.45, 7) is 2.78. The van der Waals surface area contributed by atoms with Crippen LogP contribution in [-0.2, 0) is 4.74 Å². The van der Waals surface area contributed by atoms with E-state index in [0.29, 0.717) is 0 Å². The lowest BCUT2D eigenvalue weighted by atomic mass is 10.1. The molecule has 0 aromatic heterocycles. The Balaban J connectivity index is 2.17. The van der Waals surface area contributed by atoms with Crippen molar-refractivity contribution in [3.8, 4) is 0 Å². The summed E-state index contributed by atoms with van der Waals surface area (Å²) in [6.07, 6.45) is 0. The van der Waals surface area contributed by atoms with E-state index in [0.717, 1.165) is 23.3 Å². The van der Waals surface area contributed by atoms with Gasteiger partial charge in [0.2, 0.25) is 5.90 Å². The lowest BCUT2D eigenvalue weighted by molar-refractivity contribution is 0.138. The zero-order chi connectivity index (χ0) is 10.0. The van der Waals surface area contributed by atoms with Gasteiger partial charge in [0.15, 0.2) is 0 Å². The van der Waals surface area contributed by atoms with Crippen LogP contribution in [0.1, 0.15) is 12.5 Å². The van der Waals surface area contributed by atoms with E-state index in [9.17, 15) is 0 Å². The van der Waals surface area contributed by atoms with Crippen molar-refractivity contribution in [2.75, 3.05) is 11.9 Å². The molecule has 1 aromatic carbocycles. The Morgan fingerprint density at radius 3 is 2.71 bits per heavy atom. The van der Waals surface area contributed by atoms with Crippen molar-refractivity contribution in [3.05, 3.63) is 35.9 Å². The molecule has 0 fully saturated rings. The lowest BCUT2D eigenvalue weighted by Gasteiger charge is -2.20. The highest BCUT2D eigenvalue weighted by molar-refractivity contribution is 9.09. The Morgan fingerprint density at radius 1 is 1.43 bits per heavy atom. The van der Waals surface area contributed by atoms with E-state index < -0.39 is 0 Å². The molecule has 1 aliphatic heterocycles. The number of halogens is 1. The summed E-state index contributed by atoms with van der Waals surface area (Å²) >= 11 is 3.43. The van der Waals surface area contributed by atoms with Gasteiger partial charge in [-0.3, -0.25) is 0 Å². The minimum Gasteiger partial charge on any atom is -0.468 e. The Labute approximate surface area is 92.1 Å². The van der Waals surface area contributed by atoms with Gasteiger partial charge in [0.25, 0.3) is 0 Å². The topological polar surface area (TPSA) is 21.6 Å². The number of nitrogens with zero attached hydrogens (tertiary/aromatic N) is 1. The van der Waals surface area contributed by atoms with E-state index in [-0.39, 0.29) is 5.60 Å². The molecule has 2 rings (SSSR count). The van der Waals surface area contributed by atoms with E-state index in [2.05, 4.69) is 27.8 Å². The van der Waals surface area contributed by atoms with Crippen molar-refractivity contribution in [2.24, 2.45) is 4.99 Å². The van der Waals surface area contributed by atoms with Gasteiger partial charge in [0, 0.05) is 10.9 Å². The quantitative estimate of drug-likeness (QED) is 0.743. The van der Waals surface area contributed by atoms with Crippen molar-refractivity contribution in [2.45, 2.75) is 12.5 Å². The molecule has 0 spiro atoms. The van der Waals surface area contributed by atoms with Crippen molar-refractivity contribution in [3.63, 3.8) is 0 Å². The highest BCUT2D eigenvalue weighted by Gasteiger charge is 2.32.